The first kappa shape index (κ1) is 21.3. The van der Waals surface area contributed by atoms with E-state index in [1.54, 1.807) is 12.1 Å². The molecule has 2 aromatic rings. The third kappa shape index (κ3) is 3.63. The summed E-state index contributed by atoms with van der Waals surface area (Å²) in [5.74, 6) is -0.738. The second kappa shape index (κ2) is 7.04. The average molecular weight is 436 g/mol. The maximum atomic E-state index is 15.0. The molecular formula is C20H24BClFN3O4. The Kier molecular flexibility index (Phi) is 4.99. The van der Waals surface area contributed by atoms with Crippen LogP contribution in [0.3, 0.4) is 0 Å². The number of carbonyl (C=O) groups is 1. The molecule has 1 saturated carbocycles. The van der Waals surface area contributed by atoms with Crippen LogP contribution in [-0.2, 0) is 21.3 Å². The zero-order valence-corrected chi connectivity index (χ0v) is 18.4. The van der Waals surface area contributed by atoms with Crippen LogP contribution in [0.25, 0.3) is 0 Å². The summed E-state index contributed by atoms with van der Waals surface area (Å²) in [5.41, 5.74) is -0.676. The minimum atomic E-state index is -0.863. The van der Waals surface area contributed by atoms with Gasteiger partial charge in [-0.2, -0.15) is 4.98 Å². The Bertz CT molecular complexity index is 990. The van der Waals surface area contributed by atoms with Crippen LogP contribution in [-0.4, -0.2) is 34.4 Å². The SMILES string of the molecule is CC1(c2nc(C(=O)NCc3ccc(B4OC(C)(C)C(C)(C)O4)c(F)c3Cl)no2)CC1. The Morgan fingerprint density at radius 1 is 1.20 bits per heavy atom. The Morgan fingerprint density at radius 2 is 1.83 bits per heavy atom. The number of hydrogen-bond acceptors (Lipinski definition) is 6. The Labute approximate surface area is 179 Å². The molecule has 4 rings (SSSR count). The summed E-state index contributed by atoms with van der Waals surface area (Å²) in [6.45, 7) is 9.59. The van der Waals surface area contributed by atoms with Crippen molar-refractivity contribution in [1.82, 2.24) is 15.5 Å². The second-order valence-corrected chi connectivity index (χ2v) is 9.57. The zero-order chi connectivity index (χ0) is 21.9. The first-order valence-corrected chi connectivity index (χ1v) is 10.3. The maximum Gasteiger partial charge on any atom is 0.497 e. The molecule has 2 aliphatic rings. The lowest BCUT2D eigenvalue weighted by Crippen LogP contribution is -2.41. The molecule has 0 bridgehead atoms. The van der Waals surface area contributed by atoms with Crippen molar-refractivity contribution in [2.75, 3.05) is 0 Å². The molecule has 1 amide bonds. The molecule has 10 heteroatoms. The highest BCUT2D eigenvalue weighted by atomic mass is 35.5. The third-order valence-electron chi connectivity index (χ3n) is 6.28. The summed E-state index contributed by atoms with van der Waals surface area (Å²) in [6, 6.07) is 3.20. The van der Waals surface area contributed by atoms with Crippen molar-refractivity contribution in [3.63, 3.8) is 0 Å². The predicted octanol–water partition coefficient (Wildman–Crippen LogP) is 3.14. The summed E-state index contributed by atoms with van der Waals surface area (Å²) in [4.78, 5) is 16.5. The van der Waals surface area contributed by atoms with Gasteiger partial charge < -0.3 is 19.1 Å². The average Bonchev–Trinajstić information content (AvgIpc) is 3.13. The van der Waals surface area contributed by atoms with Crippen molar-refractivity contribution in [1.29, 1.82) is 0 Å². The molecule has 1 aliphatic heterocycles. The molecule has 1 aliphatic carbocycles. The van der Waals surface area contributed by atoms with Crippen molar-refractivity contribution in [3.05, 3.63) is 40.3 Å². The third-order valence-corrected chi connectivity index (χ3v) is 6.69. The van der Waals surface area contributed by atoms with Gasteiger partial charge in [-0.3, -0.25) is 4.79 Å². The van der Waals surface area contributed by atoms with Crippen LogP contribution in [0.1, 0.15) is 69.5 Å². The van der Waals surface area contributed by atoms with E-state index in [1.807, 2.05) is 34.6 Å². The van der Waals surface area contributed by atoms with Gasteiger partial charge in [-0.05, 0) is 46.1 Å². The Balaban J connectivity index is 1.45. The lowest BCUT2D eigenvalue weighted by molar-refractivity contribution is 0.00578. The van der Waals surface area contributed by atoms with Crippen LogP contribution in [0.2, 0.25) is 5.02 Å². The van der Waals surface area contributed by atoms with E-state index >= 15 is 0 Å². The van der Waals surface area contributed by atoms with Crippen molar-refractivity contribution in [3.8, 4) is 0 Å². The quantitative estimate of drug-likeness (QED) is 0.726. The minimum absolute atomic E-state index is 0.0133. The van der Waals surface area contributed by atoms with E-state index in [0.717, 1.165) is 12.8 Å². The van der Waals surface area contributed by atoms with Crippen LogP contribution >= 0.6 is 11.6 Å². The highest BCUT2D eigenvalue weighted by Gasteiger charge is 2.52. The van der Waals surface area contributed by atoms with E-state index in [4.69, 9.17) is 25.4 Å². The number of aromatic nitrogens is 2. The molecular weight excluding hydrogens is 412 g/mol. The standard InChI is InChI=1S/C20H24BClFN3O4/c1-18(2)19(3,4)30-21(29-18)12-7-6-11(13(22)14(12)23)10-24-16(27)15-25-17(28-26-15)20(5)8-9-20/h6-7H,8-10H2,1-5H3,(H,24,27). The fourth-order valence-corrected chi connectivity index (χ4v) is 3.35. The smallest absolute Gasteiger partial charge is 0.399 e. The van der Waals surface area contributed by atoms with Gasteiger partial charge in [-0.15, -0.1) is 0 Å². The van der Waals surface area contributed by atoms with Gasteiger partial charge in [0.1, 0.15) is 5.82 Å². The van der Waals surface area contributed by atoms with E-state index in [-0.39, 0.29) is 28.3 Å². The first-order valence-electron chi connectivity index (χ1n) is 9.88. The van der Waals surface area contributed by atoms with Gasteiger partial charge in [0.15, 0.2) is 0 Å². The Hall–Kier alpha value is -1.97. The molecule has 160 valence electrons. The van der Waals surface area contributed by atoms with E-state index in [9.17, 15) is 9.18 Å². The van der Waals surface area contributed by atoms with Gasteiger partial charge in [0.2, 0.25) is 5.89 Å². The fourth-order valence-electron chi connectivity index (χ4n) is 3.11. The second-order valence-electron chi connectivity index (χ2n) is 9.20. The van der Waals surface area contributed by atoms with Crippen molar-refractivity contribution in [2.45, 2.75) is 70.6 Å². The number of hydrogen-bond donors (Lipinski definition) is 1. The van der Waals surface area contributed by atoms with Gasteiger partial charge in [0.05, 0.1) is 16.2 Å². The van der Waals surface area contributed by atoms with Crippen LogP contribution in [0.5, 0.6) is 0 Å². The summed E-state index contributed by atoms with van der Waals surface area (Å²) < 4.78 is 31.9. The van der Waals surface area contributed by atoms with Gasteiger partial charge in [-0.1, -0.05) is 35.8 Å². The molecule has 0 spiro atoms. The molecule has 1 aromatic heterocycles. The number of rotatable bonds is 5. The van der Waals surface area contributed by atoms with E-state index in [1.165, 1.54) is 0 Å². The monoisotopic (exact) mass is 435 g/mol. The molecule has 1 aromatic carbocycles. The van der Waals surface area contributed by atoms with Gasteiger partial charge in [0, 0.05) is 17.4 Å². The number of halogens is 2. The number of nitrogens with zero attached hydrogens (tertiary/aromatic N) is 2. The molecule has 0 unspecified atom stereocenters. The topological polar surface area (TPSA) is 86.5 Å². The van der Waals surface area contributed by atoms with E-state index in [0.29, 0.717) is 11.5 Å². The van der Waals surface area contributed by atoms with E-state index < -0.39 is 30.0 Å². The first-order chi connectivity index (χ1) is 13.9. The van der Waals surface area contributed by atoms with Gasteiger partial charge in [0.25, 0.3) is 11.7 Å². The predicted molar refractivity (Wildman–Crippen MR) is 109 cm³/mol. The lowest BCUT2D eigenvalue weighted by atomic mass is 9.78. The van der Waals surface area contributed by atoms with Crippen molar-refractivity contribution >= 4 is 30.1 Å². The molecule has 0 radical (unpaired) electrons. The molecule has 7 nitrogen and oxygen atoms in total. The molecule has 2 fully saturated rings. The van der Waals surface area contributed by atoms with Crippen LogP contribution in [0.15, 0.2) is 16.7 Å². The highest BCUT2D eigenvalue weighted by Crippen LogP contribution is 2.46. The van der Waals surface area contributed by atoms with Crippen LogP contribution < -0.4 is 10.8 Å². The minimum Gasteiger partial charge on any atom is -0.399 e. The summed E-state index contributed by atoms with van der Waals surface area (Å²) >= 11 is 6.23. The number of carbonyl (C=O) groups excluding carboxylic acids is 1. The van der Waals surface area contributed by atoms with Gasteiger partial charge in [-0.25, -0.2) is 4.39 Å². The van der Waals surface area contributed by atoms with Crippen LogP contribution in [0, 0.1) is 5.82 Å². The summed E-state index contributed by atoms with van der Waals surface area (Å²) in [7, 11) is -0.863. The molecule has 0 atom stereocenters. The number of amides is 1. The molecule has 2 heterocycles. The maximum absolute atomic E-state index is 15.0. The summed E-state index contributed by atoms with van der Waals surface area (Å²) in [5, 5.41) is 6.28. The lowest BCUT2D eigenvalue weighted by Gasteiger charge is -2.32. The molecule has 1 N–H and O–H groups in total. The normalized spacial score (nSPS) is 21.0. The largest absolute Gasteiger partial charge is 0.497 e. The fraction of sp³-hybridized carbons (Fsp3) is 0.550. The van der Waals surface area contributed by atoms with E-state index in [2.05, 4.69) is 15.5 Å². The Morgan fingerprint density at radius 3 is 2.43 bits per heavy atom. The van der Waals surface area contributed by atoms with Crippen molar-refractivity contribution in [2.24, 2.45) is 0 Å². The molecule has 1 saturated heterocycles. The van der Waals surface area contributed by atoms with Crippen molar-refractivity contribution < 1.29 is 23.0 Å². The highest BCUT2D eigenvalue weighted by molar-refractivity contribution is 6.62. The summed E-state index contributed by atoms with van der Waals surface area (Å²) in [6.07, 6.45) is 1.92. The zero-order valence-electron chi connectivity index (χ0n) is 17.6. The molecule has 30 heavy (non-hydrogen) atoms. The van der Waals surface area contributed by atoms with Gasteiger partial charge >= 0.3 is 7.12 Å². The van der Waals surface area contributed by atoms with Crippen LogP contribution in [0.4, 0.5) is 4.39 Å². The number of benzene rings is 1. The number of nitrogens with one attached hydrogen (secondary N) is 1.